The summed E-state index contributed by atoms with van der Waals surface area (Å²) in [5, 5.41) is 12.5. The highest BCUT2D eigenvalue weighted by molar-refractivity contribution is 7.99. The fourth-order valence-corrected chi connectivity index (χ4v) is 4.16. The highest BCUT2D eigenvalue weighted by Crippen LogP contribution is 2.27. The Morgan fingerprint density at radius 1 is 0.969 bits per heavy atom. The van der Waals surface area contributed by atoms with Gasteiger partial charge in [-0.1, -0.05) is 78.0 Å². The summed E-state index contributed by atoms with van der Waals surface area (Å²) in [7, 11) is 0. The number of hydrogen-bond donors (Lipinski definition) is 1. The van der Waals surface area contributed by atoms with Gasteiger partial charge < -0.3 is 5.32 Å². The highest BCUT2D eigenvalue weighted by Gasteiger charge is 2.18. The Labute approximate surface area is 194 Å². The lowest BCUT2D eigenvalue weighted by Crippen LogP contribution is -2.24. The lowest BCUT2D eigenvalue weighted by atomic mass is 10.2. The molecule has 1 heterocycles. The minimum atomic E-state index is -0.370. The fraction of sp³-hybridized carbons (Fsp3) is 0.125. The van der Waals surface area contributed by atoms with E-state index in [4.69, 9.17) is 11.6 Å². The summed E-state index contributed by atoms with van der Waals surface area (Å²) in [4.78, 5) is 12.4. The summed E-state index contributed by atoms with van der Waals surface area (Å²) in [6.45, 7) is 0.848. The van der Waals surface area contributed by atoms with Gasteiger partial charge in [-0.2, -0.15) is 0 Å². The van der Waals surface area contributed by atoms with Crippen LogP contribution in [0.25, 0.3) is 11.4 Å². The number of carbonyl (C=O) groups is 1. The van der Waals surface area contributed by atoms with Crippen LogP contribution in [0, 0.1) is 5.82 Å². The van der Waals surface area contributed by atoms with E-state index < -0.39 is 0 Å². The van der Waals surface area contributed by atoms with Crippen molar-refractivity contribution < 1.29 is 9.18 Å². The molecule has 0 radical (unpaired) electrons. The van der Waals surface area contributed by atoms with Crippen LogP contribution in [0.15, 0.2) is 84.0 Å². The summed E-state index contributed by atoms with van der Waals surface area (Å²) in [6, 6.07) is 23.6. The molecule has 0 aliphatic rings. The molecule has 0 saturated heterocycles. The zero-order chi connectivity index (χ0) is 22.3. The smallest absolute Gasteiger partial charge is 0.230 e. The van der Waals surface area contributed by atoms with Crippen molar-refractivity contribution in [2.45, 2.75) is 18.2 Å². The van der Waals surface area contributed by atoms with Crippen molar-refractivity contribution in [1.29, 1.82) is 0 Å². The van der Waals surface area contributed by atoms with E-state index in [1.165, 1.54) is 17.8 Å². The van der Waals surface area contributed by atoms with E-state index in [1.807, 2.05) is 53.1 Å². The Balaban J connectivity index is 1.50. The molecule has 5 nitrogen and oxygen atoms in total. The number of aromatic nitrogens is 3. The zero-order valence-corrected chi connectivity index (χ0v) is 18.6. The van der Waals surface area contributed by atoms with Gasteiger partial charge in [-0.15, -0.1) is 10.2 Å². The molecule has 8 heteroatoms. The topological polar surface area (TPSA) is 59.8 Å². The van der Waals surface area contributed by atoms with E-state index in [-0.39, 0.29) is 17.5 Å². The Bertz CT molecular complexity index is 1220. The first-order valence-corrected chi connectivity index (χ1v) is 11.3. The summed E-state index contributed by atoms with van der Waals surface area (Å²) < 4.78 is 16.3. The number of nitrogens with zero attached hydrogens (tertiary/aromatic N) is 3. The fourth-order valence-electron chi connectivity index (χ4n) is 3.17. The number of thioether (sulfide) groups is 1. The maximum absolute atomic E-state index is 14.4. The first kappa shape index (κ1) is 22.0. The maximum Gasteiger partial charge on any atom is 0.230 e. The number of halogens is 2. The molecular weight excluding hydrogens is 447 g/mol. The van der Waals surface area contributed by atoms with Crippen molar-refractivity contribution in [2.24, 2.45) is 0 Å². The predicted molar refractivity (Wildman–Crippen MR) is 125 cm³/mol. The molecular formula is C24H20ClFN4OS. The first-order chi connectivity index (χ1) is 15.6. The lowest BCUT2D eigenvalue weighted by molar-refractivity contribution is -0.118. The van der Waals surface area contributed by atoms with Gasteiger partial charge in [0.2, 0.25) is 5.91 Å². The van der Waals surface area contributed by atoms with Gasteiger partial charge in [0.15, 0.2) is 11.0 Å². The average Bonchev–Trinajstić information content (AvgIpc) is 3.19. The summed E-state index contributed by atoms with van der Waals surface area (Å²) in [6.07, 6.45) is 0. The zero-order valence-electron chi connectivity index (χ0n) is 17.0. The minimum Gasteiger partial charge on any atom is -0.351 e. The van der Waals surface area contributed by atoms with E-state index in [0.717, 1.165) is 11.1 Å². The van der Waals surface area contributed by atoms with Crippen LogP contribution in [0.4, 0.5) is 4.39 Å². The molecule has 1 amide bonds. The van der Waals surface area contributed by atoms with E-state index in [2.05, 4.69) is 15.5 Å². The maximum atomic E-state index is 14.4. The van der Waals surface area contributed by atoms with Crippen LogP contribution in [0.3, 0.4) is 0 Å². The molecule has 0 aliphatic carbocycles. The number of nitrogens with one attached hydrogen (secondary N) is 1. The van der Waals surface area contributed by atoms with Crippen LogP contribution in [0.1, 0.15) is 11.1 Å². The Hall–Kier alpha value is -3.16. The first-order valence-electron chi connectivity index (χ1n) is 9.96. The second-order valence-electron chi connectivity index (χ2n) is 7.05. The molecule has 1 aromatic heterocycles. The molecule has 0 saturated carbocycles. The van der Waals surface area contributed by atoms with Crippen LogP contribution in [0.2, 0.25) is 5.02 Å². The third-order valence-corrected chi connectivity index (χ3v) is 5.93. The second-order valence-corrected chi connectivity index (χ2v) is 8.43. The second kappa shape index (κ2) is 10.4. The summed E-state index contributed by atoms with van der Waals surface area (Å²) >= 11 is 7.25. The molecule has 0 fully saturated rings. The molecule has 4 aromatic rings. The Morgan fingerprint density at radius 2 is 1.72 bits per heavy atom. The average molecular weight is 467 g/mol. The number of amides is 1. The highest BCUT2D eigenvalue weighted by atomic mass is 35.5. The molecule has 0 spiro atoms. The van der Waals surface area contributed by atoms with Gasteiger partial charge in [0.05, 0.1) is 17.9 Å². The molecule has 3 aromatic carbocycles. The SMILES string of the molecule is O=C(CSc1nnc(-c2ccccc2F)n1Cc1ccccc1)NCc1cccc(Cl)c1. The summed E-state index contributed by atoms with van der Waals surface area (Å²) in [5.74, 6) is 0.0700. The van der Waals surface area contributed by atoms with Crippen LogP contribution >= 0.6 is 23.4 Å². The number of benzene rings is 3. The Kier molecular flexibility index (Phi) is 7.19. The van der Waals surface area contributed by atoms with Gasteiger partial charge in [0.1, 0.15) is 5.82 Å². The van der Waals surface area contributed by atoms with Gasteiger partial charge in [0.25, 0.3) is 0 Å². The van der Waals surface area contributed by atoms with Crippen molar-refractivity contribution in [3.05, 3.63) is 101 Å². The molecule has 0 aliphatic heterocycles. The molecule has 4 rings (SSSR count). The summed E-state index contributed by atoms with van der Waals surface area (Å²) in [5.41, 5.74) is 2.32. The van der Waals surface area contributed by atoms with E-state index in [0.29, 0.717) is 34.7 Å². The standard InChI is InChI=1S/C24H20ClFN4OS/c25-19-10-6-9-18(13-19)14-27-22(31)16-32-24-29-28-23(20-11-4-5-12-21(20)26)30(24)15-17-7-2-1-3-8-17/h1-13H,14-16H2,(H,27,31). The van der Waals surface area contributed by atoms with Gasteiger partial charge >= 0.3 is 0 Å². The van der Waals surface area contributed by atoms with Gasteiger partial charge in [0, 0.05) is 11.6 Å². The van der Waals surface area contributed by atoms with Crippen molar-refractivity contribution in [2.75, 3.05) is 5.75 Å². The van der Waals surface area contributed by atoms with Gasteiger partial charge in [-0.25, -0.2) is 4.39 Å². The van der Waals surface area contributed by atoms with Crippen LogP contribution in [-0.4, -0.2) is 26.4 Å². The minimum absolute atomic E-state index is 0.142. The molecule has 0 atom stereocenters. The predicted octanol–water partition coefficient (Wildman–Crippen LogP) is 5.19. The van der Waals surface area contributed by atoms with E-state index in [9.17, 15) is 9.18 Å². The monoisotopic (exact) mass is 466 g/mol. The lowest BCUT2D eigenvalue weighted by Gasteiger charge is -2.11. The third kappa shape index (κ3) is 5.55. The molecule has 162 valence electrons. The van der Waals surface area contributed by atoms with E-state index in [1.54, 1.807) is 24.3 Å². The van der Waals surface area contributed by atoms with Crippen LogP contribution in [0.5, 0.6) is 0 Å². The number of hydrogen-bond acceptors (Lipinski definition) is 4. The molecule has 0 unspecified atom stereocenters. The molecule has 1 N–H and O–H groups in total. The third-order valence-electron chi connectivity index (χ3n) is 4.73. The quantitative estimate of drug-likeness (QED) is 0.363. The van der Waals surface area contributed by atoms with Crippen molar-refractivity contribution in [3.8, 4) is 11.4 Å². The number of carbonyl (C=O) groups excluding carboxylic acids is 1. The van der Waals surface area contributed by atoms with Crippen LogP contribution in [-0.2, 0) is 17.9 Å². The van der Waals surface area contributed by atoms with Crippen molar-refractivity contribution >= 4 is 29.3 Å². The molecule has 32 heavy (non-hydrogen) atoms. The van der Waals surface area contributed by atoms with E-state index >= 15 is 0 Å². The molecule has 0 bridgehead atoms. The Morgan fingerprint density at radius 3 is 2.50 bits per heavy atom. The normalized spacial score (nSPS) is 10.8. The van der Waals surface area contributed by atoms with Crippen molar-refractivity contribution in [1.82, 2.24) is 20.1 Å². The van der Waals surface area contributed by atoms with Gasteiger partial charge in [-0.3, -0.25) is 9.36 Å². The van der Waals surface area contributed by atoms with Crippen LogP contribution < -0.4 is 5.32 Å². The van der Waals surface area contributed by atoms with Crippen molar-refractivity contribution in [3.63, 3.8) is 0 Å². The largest absolute Gasteiger partial charge is 0.351 e. The van der Waals surface area contributed by atoms with Gasteiger partial charge in [-0.05, 0) is 35.4 Å². The number of rotatable bonds is 8.